The maximum Gasteiger partial charge on any atom is 0.261 e. The number of hydrogen-bond acceptors (Lipinski definition) is 4. The molecule has 0 unspecified atom stereocenters. The largest absolute Gasteiger partial charge is 0.296 e. The molecule has 0 saturated carbocycles. The van der Waals surface area contributed by atoms with Gasteiger partial charge in [-0.2, -0.15) is 4.31 Å². The van der Waals surface area contributed by atoms with E-state index >= 15 is 0 Å². The van der Waals surface area contributed by atoms with E-state index in [2.05, 4.69) is 11.9 Å². The molecule has 4 rings (SSSR count). The minimum atomic E-state index is -3.57. The summed E-state index contributed by atoms with van der Waals surface area (Å²) in [5, 5.41) is 0.236. The van der Waals surface area contributed by atoms with Crippen LogP contribution in [0.2, 0.25) is 0 Å². The van der Waals surface area contributed by atoms with Crippen LogP contribution in [-0.4, -0.2) is 35.4 Å². The highest BCUT2D eigenvalue weighted by Gasteiger charge is 2.30. The van der Waals surface area contributed by atoms with Crippen molar-refractivity contribution < 1.29 is 12.8 Å². The van der Waals surface area contributed by atoms with Crippen LogP contribution < -0.4 is 5.56 Å². The second-order valence-corrected chi connectivity index (χ2v) is 9.59. The second kappa shape index (κ2) is 8.28. The van der Waals surface area contributed by atoms with Crippen molar-refractivity contribution in [3.05, 3.63) is 70.5 Å². The van der Waals surface area contributed by atoms with Gasteiger partial charge < -0.3 is 0 Å². The summed E-state index contributed by atoms with van der Waals surface area (Å²) in [5.74, 6) is -0.481. The minimum absolute atomic E-state index is 0.170. The predicted molar refractivity (Wildman–Crippen MR) is 113 cm³/mol. The number of rotatable bonds is 5. The zero-order valence-corrected chi connectivity index (χ0v) is 17.6. The summed E-state index contributed by atoms with van der Waals surface area (Å²) in [6.45, 7) is 2.72. The van der Waals surface area contributed by atoms with Crippen LogP contribution in [-0.2, 0) is 16.4 Å². The van der Waals surface area contributed by atoms with Crippen molar-refractivity contribution in [1.29, 1.82) is 0 Å². The number of aromatic nitrogens is 2. The molecule has 8 heteroatoms. The Hall–Kier alpha value is -2.58. The third-order valence-corrected chi connectivity index (χ3v) is 7.57. The summed E-state index contributed by atoms with van der Waals surface area (Å²) in [4.78, 5) is 17.3. The Bertz CT molecular complexity index is 1210. The highest BCUT2D eigenvalue weighted by molar-refractivity contribution is 7.89. The van der Waals surface area contributed by atoms with E-state index in [0.717, 1.165) is 18.4 Å². The molecule has 1 aliphatic rings. The highest BCUT2D eigenvalue weighted by atomic mass is 32.2. The molecule has 0 atom stereocenters. The first kappa shape index (κ1) is 20.7. The fraction of sp³-hybridized carbons (Fsp3) is 0.364. The summed E-state index contributed by atoms with van der Waals surface area (Å²) >= 11 is 0. The Morgan fingerprint density at radius 1 is 1.10 bits per heavy atom. The van der Waals surface area contributed by atoms with Gasteiger partial charge in [-0.25, -0.2) is 17.8 Å². The number of benzene rings is 2. The molecule has 1 saturated heterocycles. The van der Waals surface area contributed by atoms with Crippen molar-refractivity contribution in [2.45, 2.75) is 43.5 Å². The monoisotopic (exact) mass is 429 g/mol. The van der Waals surface area contributed by atoms with Crippen molar-refractivity contribution in [2.24, 2.45) is 0 Å². The average molecular weight is 430 g/mol. The second-order valence-electron chi connectivity index (χ2n) is 7.65. The van der Waals surface area contributed by atoms with Gasteiger partial charge in [-0.3, -0.25) is 9.36 Å². The molecule has 1 aliphatic heterocycles. The normalized spacial score (nSPS) is 16.2. The van der Waals surface area contributed by atoms with Gasteiger partial charge >= 0.3 is 0 Å². The van der Waals surface area contributed by atoms with E-state index in [-0.39, 0.29) is 17.0 Å². The summed E-state index contributed by atoms with van der Waals surface area (Å²) in [6, 6.07) is 10.8. The zero-order valence-electron chi connectivity index (χ0n) is 16.8. The lowest BCUT2D eigenvalue weighted by Crippen LogP contribution is -2.40. The molecule has 0 bridgehead atoms. The van der Waals surface area contributed by atoms with Gasteiger partial charge in [-0.1, -0.05) is 25.5 Å². The molecular weight excluding hydrogens is 405 g/mol. The quantitative estimate of drug-likeness (QED) is 0.622. The average Bonchev–Trinajstić information content (AvgIpc) is 2.75. The summed E-state index contributed by atoms with van der Waals surface area (Å²) < 4.78 is 42.5. The Labute approximate surface area is 175 Å². The third-order valence-electron chi connectivity index (χ3n) is 5.66. The molecule has 3 aromatic rings. The van der Waals surface area contributed by atoms with Gasteiger partial charge in [-0.05, 0) is 55.2 Å². The summed E-state index contributed by atoms with van der Waals surface area (Å²) in [6.07, 6.45) is 4.40. The number of sulfonamides is 1. The SMILES string of the molecule is CCCc1ccc(S(=O)(=O)N2CCC(n3cnc4ccc(F)cc4c3=O)CC2)cc1. The van der Waals surface area contributed by atoms with Crippen molar-refractivity contribution in [3.63, 3.8) is 0 Å². The summed E-state index contributed by atoms with van der Waals surface area (Å²) in [5.41, 5.74) is 1.27. The fourth-order valence-electron chi connectivity index (χ4n) is 3.99. The van der Waals surface area contributed by atoms with E-state index in [0.29, 0.717) is 36.3 Å². The van der Waals surface area contributed by atoms with Crippen LogP contribution in [0, 0.1) is 5.82 Å². The fourth-order valence-corrected chi connectivity index (χ4v) is 5.46. The van der Waals surface area contributed by atoms with Crippen molar-refractivity contribution in [3.8, 4) is 0 Å². The molecule has 0 N–H and O–H groups in total. The molecular formula is C22H24FN3O3S. The lowest BCUT2D eigenvalue weighted by molar-refractivity contribution is 0.269. The highest BCUT2D eigenvalue weighted by Crippen LogP contribution is 2.26. The van der Waals surface area contributed by atoms with Crippen LogP contribution in [0.1, 0.15) is 37.8 Å². The van der Waals surface area contributed by atoms with Crippen LogP contribution in [0.25, 0.3) is 10.9 Å². The first-order valence-corrected chi connectivity index (χ1v) is 11.6. The Balaban J connectivity index is 1.51. The maximum absolute atomic E-state index is 13.6. The Morgan fingerprint density at radius 2 is 1.80 bits per heavy atom. The van der Waals surface area contributed by atoms with Gasteiger partial charge in [-0.15, -0.1) is 0 Å². The van der Waals surface area contributed by atoms with Gasteiger partial charge in [0, 0.05) is 19.1 Å². The first-order chi connectivity index (χ1) is 14.4. The van der Waals surface area contributed by atoms with Gasteiger partial charge in [0.1, 0.15) is 5.82 Å². The number of halogens is 1. The molecule has 30 heavy (non-hydrogen) atoms. The van der Waals surface area contributed by atoms with Crippen LogP contribution in [0.15, 0.2) is 58.5 Å². The number of hydrogen-bond donors (Lipinski definition) is 0. The number of aryl methyl sites for hydroxylation is 1. The molecule has 0 spiro atoms. The van der Waals surface area contributed by atoms with Crippen LogP contribution in [0.4, 0.5) is 4.39 Å². The summed E-state index contributed by atoms with van der Waals surface area (Å²) in [7, 11) is -3.57. The molecule has 1 aromatic heterocycles. The molecule has 158 valence electrons. The molecule has 0 amide bonds. The molecule has 0 radical (unpaired) electrons. The van der Waals surface area contributed by atoms with Crippen LogP contribution >= 0.6 is 0 Å². The van der Waals surface area contributed by atoms with Crippen molar-refractivity contribution in [1.82, 2.24) is 13.9 Å². The van der Waals surface area contributed by atoms with E-state index < -0.39 is 15.8 Å². The Kier molecular flexibility index (Phi) is 5.71. The number of piperidine rings is 1. The lowest BCUT2D eigenvalue weighted by atomic mass is 10.1. The van der Waals surface area contributed by atoms with Gasteiger partial charge in [0.05, 0.1) is 22.1 Å². The molecule has 2 heterocycles. The maximum atomic E-state index is 13.6. The van der Waals surface area contributed by atoms with Crippen LogP contribution in [0.5, 0.6) is 0 Å². The Morgan fingerprint density at radius 3 is 2.47 bits per heavy atom. The smallest absolute Gasteiger partial charge is 0.261 e. The van der Waals surface area contributed by atoms with E-state index in [1.165, 1.54) is 33.4 Å². The van der Waals surface area contributed by atoms with Gasteiger partial charge in [0.15, 0.2) is 0 Å². The molecule has 2 aromatic carbocycles. The third kappa shape index (κ3) is 3.89. The van der Waals surface area contributed by atoms with E-state index in [4.69, 9.17) is 0 Å². The van der Waals surface area contributed by atoms with E-state index in [1.807, 2.05) is 12.1 Å². The first-order valence-electron chi connectivity index (χ1n) is 10.2. The zero-order chi connectivity index (χ0) is 21.3. The van der Waals surface area contributed by atoms with Gasteiger partial charge in [0.2, 0.25) is 10.0 Å². The molecule has 0 aliphatic carbocycles. The van der Waals surface area contributed by atoms with Crippen LogP contribution in [0.3, 0.4) is 0 Å². The minimum Gasteiger partial charge on any atom is -0.296 e. The topological polar surface area (TPSA) is 72.3 Å². The molecule has 1 fully saturated rings. The van der Waals surface area contributed by atoms with E-state index in [9.17, 15) is 17.6 Å². The number of fused-ring (bicyclic) bond motifs is 1. The predicted octanol–water partition coefficient (Wildman–Crippen LogP) is 3.51. The van der Waals surface area contributed by atoms with Crippen molar-refractivity contribution >= 4 is 20.9 Å². The van der Waals surface area contributed by atoms with Gasteiger partial charge in [0.25, 0.3) is 5.56 Å². The number of nitrogens with zero attached hydrogens (tertiary/aromatic N) is 3. The standard InChI is InChI=1S/C22H24FN3O3S/c1-2-3-16-4-7-19(8-5-16)30(28,29)25-12-10-18(11-13-25)26-15-24-21-9-6-17(23)14-20(21)22(26)27/h4-9,14-15,18H,2-3,10-13H2,1H3. The molecule has 6 nitrogen and oxygen atoms in total. The lowest BCUT2D eigenvalue weighted by Gasteiger charge is -2.32. The van der Waals surface area contributed by atoms with Crippen molar-refractivity contribution in [2.75, 3.05) is 13.1 Å². The van der Waals surface area contributed by atoms with E-state index in [1.54, 1.807) is 12.1 Å².